The fraction of sp³-hybridized carbons (Fsp3) is 1.00. The molecule has 0 aromatic heterocycles. The maximum atomic E-state index is 5.18. The summed E-state index contributed by atoms with van der Waals surface area (Å²) in [5.74, 6) is 3.00. The van der Waals surface area contributed by atoms with Crippen LogP contribution in [0.1, 0.15) is 78.1 Å². The van der Waals surface area contributed by atoms with E-state index in [9.17, 15) is 0 Å². The Morgan fingerprint density at radius 3 is 2.39 bits per heavy atom. The van der Waals surface area contributed by atoms with Crippen molar-refractivity contribution in [1.29, 1.82) is 0 Å². The van der Waals surface area contributed by atoms with E-state index in [1.807, 2.05) is 7.11 Å². The molecular formula is C17H34O. The van der Waals surface area contributed by atoms with Crippen molar-refractivity contribution < 1.29 is 4.74 Å². The predicted molar refractivity (Wildman–Crippen MR) is 79.9 cm³/mol. The van der Waals surface area contributed by atoms with E-state index in [0.717, 1.165) is 24.4 Å². The molecule has 0 radical (unpaired) electrons. The van der Waals surface area contributed by atoms with Gasteiger partial charge in [0.05, 0.1) is 0 Å². The van der Waals surface area contributed by atoms with Gasteiger partial charge in [-0.25, -0.2) is 0 Å². The predicted octanol–water partition coefficient (Wildman–Crippen LogP) is 5.44. The summed E-state index contributed by atoms with van der Waals surface area (Å²) < 4.78 is 5.18. The van der Waals surface area contributed by atoms with E-state index >= 15 is 0 Å². The van der Waals surface area contributed by atoms with Crippen LogP contribution in [0, 0.1) is 17.8 Å². The smallest absolute Gasteiger partial charge is 0.0462 e. The molecule has 0 bridgehead atoms. The van der Waals surface area contributed by atoms with Gasteiger partial charge in [0.1, 0.15) is 0 Å². The molecule has 0 spiro atoms. The topological polar surface area (TPSA) is 9.23 Å². The summed E-state index contributed by atoms with van der Waals surface area (Å²) in [4.78, 5) is 0. The molecule has 108 valence electrons. The molecule has 0 aromatic carbocycles. The van der Waals surface area contributed by atoms with Gasteiger partial charge >= 0.3 is 0 Å². The average Bonchev–Trinajstić information content (AvgIpc) is 2.38. The molecule has 18 heavy (non-hydrogen) atoms. The van der Waals surface area contributed by atoms with Crippen molar-refractivity contribution in [1.82, 2.24) is 0 Å². The summed E-state index contributed by atoms with van der Waals surface area (Å²) in [6.07, 6.45) is 14.3. The SMILES string of the molecule is CCCC(CCCOC)CCC1CCC(C)CC1. The van der Waals surface area contributed by atoms with Crippen LogP contribution >= 0.6 is 0 Å². The molecule has 1 heteroatoms. The maximum Gasteiger partial charge on any atom is 0.0462 e. The number of rotatable bonds is 9. The van der Waals surface area contributed by atoms with Crippen molar-refractivity contribution in [3.8, 4) is 0 Å². The quantitative estimate of drug-likeness (QED) is 0.498. The van der Waals surface area contributed by atoms with Gasteiger partial charge in [-0.2, -0.15) is 0 Å². The van der Waals surface area contributed by atoms with Crippen LogP contribution in [0.4, 0.5) is 0 Å². The molecule has 1 saturated carbocycles. The molecule has 0 saturated heterocycles. The zero-order chi connectivity index (χ0) is 13.2. The van der Waals surface area contributed by atoms with Crippen molar-refractivity contribution >= 4 is 0 Å². The third kappa shape index (κ3) is 6.78. The number of hydrogen-bond donors (Lipinski definition) is 0. The van der Waals surface area contributed by atoms with Gasteiger partial charge in [0, 0.05) is 13.7 Å². The van der Waals surface area contributed by atoms with Crippen molar-refractivity contribution in [2.45, 2.75) is 78.1 Å². The molecule has 1 fully saturated rings. The summed E-state index contributed by atoms with van der Waals surface area (Å²) in [5, 5.41) is 0. The molecule has 0 aliphatic heterocycles. The molecule has 0 aromatic rings. The third-order valence-electron chi connectivity index (χ3n) is 4.78. The van der Waals surface area contributed by atoms with E-state index < -0.39 is 0 Å². The first kappa shape index (κ1) is 16.0. The third-order valence-corrected chi connectivity index (χ3v) is 4.78. The van der Waals surface area contributed by atoms with E-state index in [1.165, 1.54) is 64.2 Å². The van der Waals surface area contributed by atoms with Crippen molar-refractivity contribution in [2.24, 2.45) is 17.8 Å². The highest BCUT2D eigenvalue weighted by molar-refractivity contribution is 4.71. The van der Waals surface area contributed by atoms with Crippen molar-refractivity contribution in [2.75, 3.05) is 13.7 Å². The van der Waals surface area contributed by atoms with Gasteiger partial charge in [0.15, 0.2) is 0 Å². The van der Waals surface area contributed by atoms with Crippen LogP contribution in [0.2, 0.25) is 0 Å². The largest absolute Gasteiger partial charge is 0.385 e. The van der Waals surface area contributed by atoms with Crippen LogP contribution < -0.4 is 0 Å². The summed E-state index contributed by atoms with van der Waals surface area (Å²) in [6, 6.07) is 0. The van der Waals surface area contributed by atoms with Gasteiger partial charge < -0.3 is 4.74 Å². The normalized spacial score (nSPS) is 26.2. The van der Waals surface area contributed by atoms with Gasteiger partial charge in [-0.05, 0) is 30.6 Å². The highest BCUT2D eigenvalue weighted by Crippen LogP contribution is 2.33. The lowest BCUT2D eigenvalue weighted by Gasteiger charge is -2.27. The lowest BCUT2D eigenvalue weighted by atomic mass is 9.79. The second kappa shape index (κ2) is 9.83. The first-order valence-corrected chi connectivity index (χ1v) is 8.25. The van der Waals surface area contributed by atoms with E-state index in [2.05, 4.69) is 13.8 Å². The van der Waals surface area contributed by atoms with Crippen molar-refractivity contribution in [3.63, 3.8) is 0 Å². The van der Waals surface area contributed by atoms with Crippen LogP contribution in [-0.4, -0.2) is 13.7 Å². The average molecular weight is 254 g/mol. The number of ether oxygens (including phenoxy) is 1. The monoisotopic (exact) mass is 254 g/mol. The van der Waals surface area contributed by atoms with Crippen LogP contribution in [0.15, 0.2) is 0 Å². The highest BCUT2D eigenvalue weighted by atomic mass is 16.5. The summed E-state index contributed by atoms with van der Waals surface area (Å²) in [5.41, 5.74) is 0. The van der Waals surface area contributed by atoms with E-state index in [4.69, 9.17) is 4.74 Å². The Morgan fingerprint density at radius 2 is 1.78 bits per heavy atom. The van der Waals surface area contributed by atoms with Gasteiger partial charge in [-0.3, -0.25) is 0 Å². The molecule has 1 aliphatic carbocycles. The van der Waals surface area contributed by atoms with Crippen LogP contribution in [0.25, 0.3) is 0 Å². The van der Waals surface area contributed by atoms with Gasteiger partial charge in [0.2, 0.25) is 0 Å². The summed E-state index contributed by atoms with van der Waals surface area (Å²) in [6.45, 7) is 5.69. The Balaban J connectivity index is 2.15. The fourth-order valence-electron chi connectivity index (χ4n) is 3.45. The van der Waals surface area contributed by atoms with Crippen LogP contribution in [0.5, 0.6) is 0 Å². The second-order valence-electron chi connectivity index (χ2n) is 6.49. The lowest BCUT2D eigenvalue weighted by molar-refractivity contribution is 0.182. The fourth-order valence-corrected chi connectivity index (χ4v) is 3.45. The zero-order valence-electron chi connectivity index (χ0n) is 12.9. The second-order valence-corrected chi connectivity index (χ2v) is 6.49. The molecular weight excluding hydrogens is 220 g/mol. The highest BCUT2D eigenvalue weighted by Gasteiger charge is 2.19. The standard InChI is InChI=1S/C17H34O/c1-4-6-16(7-5-14-18-3)12-13-17-10-8-15(2)9-11-17/h15-17H,4-14H2,1-3H3. The number of methoxy groups -OCH3 is 1. The Kier molecular flexibility index (Phi) is 8.75. The summed E-state index contributed by atoms with van der Waals surface area (Å²) >= 11 is 0. The lowest BCUT2D eigenvalue weighted by Crippen LogP contribution is -2.14. The van der Waals surface area contributed by atoms with Gasteiger partial charge in [0.25, 0.3) is 0 Å². The van der Waals surface area contributed by atoms with Gasteiger partial charge in [-0.15, -0.1) is 0 Å². The van der Waals surface area contributed by atoms with Crippen LogP contribution in [-0.2, 0) is 4.74 Å². The molecule has 1 unspecified atom stereocenters. The van der Waals surface area contributed by atoms with Crippen molar-refractivity contribution in [3.05, 3.63) is 0 Å². The molecule has 1 atom stereocenters. The van der Waals surface area contributed by atoms with Gasteiger partial charge in [-0.1, -0.05) is 65.2 Å². The molecule has 1 nitrogen and oxygen atoms in total. The first-order chi connectivity index (χ1) is 8.76. The Hall–Kier alpha value is -0.0400. The Labute approximate surface area is 115 Å². The number of hydrogen-bond acceptors (Lipinski definition) is 1. The zero-order valence-corrected chi connectivity index (χ0v) is 12.9. The minimum atomic E-state index is 0.946. The van der Waals surface area contributed by atoms with E-state index in [1.54, 1.807) is 0 Å². The Bertz CT molecular complexity index is 182. The van der Waals surface area contributed by atoms with Crippen LogP contribution in [0.3, 0.4) is 0 Å². The first-order valence-electron chi connectivity index (χ1n) is 8.25. The van der Waals surface area contributed by atoms with E-state index in [-0.39, 0.29) is 0 Å². The molecule has 1 aliphatic rings. The molecule has 0 N–H and O–H groups in total. The minimum Gasteiger partial charge on any atom is -0.385 e. The summed E-state index contributed by atoms with van der Waals surface area (Å²) in [7, 11) is 1.82. The molecule has 0 heterocycles. The minimum absolute atomic E-state index is 0.946. The molecule has 1 rings (SSSR count). The Morgan fingerprint density at radius 1 is 1.06 bits per heavy atom. The molecule has 0 amide bonds. The van der Waals surface area contributed by atoms with E-state index in [0.29, 0.717) is 0 Å². The maximum absolute atomic E-state index is 5.18.